The number of ether oxygens (including phenoxy) is 1. The van der Waals surface area contributed by atoms with Crippen molar-refractivity contribution in [3.8, 4) is 0 Å². The minimum atomic E-state index is -0.931. The molecule has 0 saturated carbocycles. The van der Waals surface area contributed by atoms with Gasteiger partial charge in [-0.1, -0.05) is 13.8 Å². The van der Waals surface area contributed by atoms with Crippen molar-refractivity contribution < 1.29 is 19.4 Å². The molecule has 18 heavy (non-hydrogen) atoms. The lowest BCUT2D eigenvalue weighted by atomic mass is 9.79. The van der Waals surface area contributed by atoms with Gasteiger partial charge in [-0.15, -0.1) is 0 Å². The second-order valence-electron chi connectivity index (χ2n) is 4.95. The average molecular weight is 257 g/mol. The van der Waals surface area contributed by atoms with E-state index in [4.69, 9.17) is 4.74 Å². The van der Waals surface area contributed by atoms with E-state index in [0.29, 0.717) is 19.4 Å². The highest BCUT2D eigenvalue weighted by Gasteiger charge is 2.37. The topological polar surface area (TPSA) is 75.6 Å². The van der Waals surface area contributed by atoms with Gasteiger partial charge in [0.15, 0.2) is 0 Å². The van der Waals surface area contributed by atoms with Crippen LogP contribution < -0.4 is 5.32 Å². The Morgan fingerprint density at radius 3 is 2.50 bits per heavy atom. The number of aliphatic carboxylic acids is 1. The first-order valence-electron chi connectivity index (χ1n) is 6.64. The van der Waals surface area contributed by atoms with Crippen LogP contribution >= 0.6 is 0 Å². The van der Waals surface area contributed by atoms with Gasteiger partial charge >= 0.3 is 5.97 Å². The van der Waals surface area contributed by atoms with Crippen LogP contribution in [0.3, 0.4) is 0 Å². The summed E-state index contributed by atoms with van der Waals surface area (Å²) in [4.78, 5) is 23.2. The third kappa shape index (κ3) is 3.70. The highest BCUT2D eigenvalue weighted by atomic mass is 16.5. The van der Waals surface area contributed by atoms with Crippen LogP contribution in [-0.2, 0) is 14.3 Å². The molecule has 2 N–H and O–H groups in total. The maximum atomic E-state index is 11.9. The van der Waals surface area contributed by atoms with Crippen molar-refractivity contribution in [1.82, 2.24) is 5.32 Å². The van der Waals surface area contributed by atoms with Gasteiger partial charge in [-0.25, -0.2) is 0 Å². The molecule has 0 aromatic rings. The van der Waals surface area contributed by atoms with Crippen molar-refractivity contribution in [1.29, 1.82) is 0 Å². The van der Waals surface area contributed by atoms with Crippen LogP contribution in [-0.4, -0.2) is 36.2 Å². The molecular formula is C13H23NO4. The first kappa shape index (κ1) is 15.0. The van der Waals surface area contributed by atoms with Crippen molar-refractivity contribution in [3.63, 3.8) is 0 Å². The van der Waals surface area contributed by atoms with Gasteiger partial charge in [-0.05, 0) is 25.7 Å². The predicted octanol–water partition coefficient (Wildman–Crippen LogP) is 1.56. The molecule has 1 aliphatic heterocycles. The van der Waals surface area contributed by atoms with Crippen LogP contribution in [0.15, 0.2) is 0 Å². The van der Waals surface area contributed by atoms with Gasteiger partial charge in [-0.3, -0.25) is 9.59 Å². The summed E-state index contributed by atoms with van der Waals surface area (Å²) in [6.45, 7) is 4.91. The molecular weight excluding hydrogens is 234 g/mol. The lowest BCUT2D eigenvalue weighted by molar-refractivity contribution is -0.152. The van der Waals surface area contributed by atoms with Gasteiger partial charge in [0, 0.05) is 13.0 Å². The van der Waals surface area contributed by atoms with Crippen LogP contribution in [0, 0.1) is 5.41 Å². The summed E-state index contributed by atoms with van der Waals surface area (Å²) < 4.78 is 5.28. The third-order valence-corrected chi connectivity index (χ3v) is 3.83. The van der Waals surface area contributed by atoms with Gasteiger partial charge in [0.2, 0.25) is 5.91 Å². The van der Waals surface area contributed by atoms with Crippen molar-refractivity contribution >= 4 is 11.9 Å². The molecule has 5 nitrogen and oxygen atoms in total. The van der Waals surface area contributed by atoms with E-state index < -0.39 is 11.4 Å². The second-order valence-corrected chi connectivity index (χ2v) is 4.95. The number of amides is 1. The van der Waals surface area contributed by atoms with E-state index in [1.54, 1.807) is 0 Å². The molecule has 5 heteroatoms. The molecule has 0 aromatic heterocycles. The molecule has 1 amide bonds. The summed E-state index contributed by atoms with van der Waals surface area (Å²) in [5.41, 5.74) is -0.931. The van der Waals surface area contributed by atoms with E-state index >= 15 is 0 Å². The van der Waals surface area contributed by atoms with E-state index in [1.165, 1.54) is 0 Å². The molecule has 0 bridgehead atoms. The zero-order valence-corrected chi connectivity index (χ0v) is 11.2. The molecule has 1 saturated heterocycles. The molecule has 1 heterocycles. The first-order valence-corrected chi connectivity index (χ1v) is 6.64. The highest BCUT2D eigenvalue weighted by Crippen LogP contribution is 2.31. The lowest BCUT2D eigenvalue weighted by Gasteiger charge is -2.28. The Morgan fingerprint density at radius 1 is 1.39 bits per heavy atom. The highest BCUT2D eigenvalue weighted by molar-refractivity contribution is 5.85. The molecule has 0 aliphatic carbocycles. The normalized spacial score (nSPS) is 20.4. The fourth-order valence-electron chi connectivity index (χ4n) is 2.32. The fourth-order valence-corrected chi connectivity index (χ4v) is 2.32. The maximum Gasteiger partial charge on any atom is 0.310 e. The molecule has 104 valence electrons. The second kappa shape index (κ2) is 6.73. The van der Waals surface area contributed by atoms with Crippen LogP contribution in [0.5, 0.6) is 0 Å². The molecule has 0 radical (unpaired) electrons. The van der Waals surface area contributed by atoms with Gasteiger partial charge in [0.25, 0.3) is 0 Å². The zero-order valence-electron chi connectivity index (χ0n) is 11.2. The minimum absolute atomic E-state index is 0.0338. The van der Waals surface area contributed by atoms with Gasteiger partial charge < -0.3 is 15.2 Å². The van der Waals surface area contributed by atoms with Gasteiger partial charge in [-0.2, -0.15) is 0 Å². The Labute approximate surface area is 108 Å². The molecule has 1 aliphatic rings. The molecule has 0 aromatic carbocycles. The fraction of sp³-hybridized carbons (Fsp3) is 0.846. The standard InChI is InChI=1S/C13H23NO4/c1-3-13(4-2,12(16)17)8-11(15)14-10-6-5-7-18-9-10/h10H,3-9H2,1-2H3,(H,14,15)(H,16,17). The van der Waals surface area contributed by atoms with E-state index in [0.717, 1.165) is 19.4 Å². The maximum absolute atomic E-state index is 11.9. The number of hydrogen-bond acceptors (Lipinski definition) is 3. The quantitative estimate of drug-likeness (QED) is 0.757. The first-order chi connectivity index (χ1) is 8.54. The minimum Gasteiger partial charge on any atom is -0.481 e. The van der Waals surface area contributed by atoms with Crippen LogP contribution in [0.2, 0.25) is 0 Å². The summed E-state index contributed by atoms with van der Waals surface area (Å²) in [7, 11) is 0. The summed E-state index contributed by atoms with van der Waals surface area (Å²) in [5, 5.41) is 12.1. The number of hydrogen-bond donors (Lipinski definition) is 2. The van der Waals surface area contributed by atoms with Crippen molar-refractivity contribution in [2.45, 2.75) is 52.0 Å². The Balaban J connectivity index is 2.53. The van der Waals surface area contributed by atoms with E-state index in [9.17, 15) is 14.7 Å². The van der Waals surface area contributed by atoms with Gasteiger partial charge in [0.05, 0.1) is 18.1 Å². The number of carboxylic acids is 1. The van der Waals surface area contributed by atoms with Gasteiger partial charge in [0.1, 0.15) is 0 Å². The smallest absolute Gasteiger partial charge is 0.310 e. The van der Waals surface area contributed by atoms with Crippen molar-refractivity contribution in [2.24, 2.45) is 5.41 Å². The Bertz CT molecular complexity index is 293. The van der Waals surface area contributed by atoms with E-state index in [2.05, 4.69) is 5.32 Å². The Hall–Kier alpha value is -1.10. The SMILES string of the molecule is CCC(CC)(CC(=O)NC1CCCOC1)C(=O)O. The number of rotatable bonds is 6. The zero-order chi connectivity index (χ0) is 13.6. The molecule has 1 unspecified atom stereocenters. The van der Waals surface area contributed by atoms with Crippen LogP contribution in [0.25, 0.3) is 0 Å². The average Bonchev–Trinajstić information content (AvgIpc) is 2.37. The third-order valence-electron chi connectivity index (χ3n) is 3.83. The molecule has 1 rings (SSSR count). The summed E-state index contributed by atoms with van der Waals surface area (Å²) in [5.74, 6) is -1.07. The predicted molar refractivity (Wildman–Crippen MR) is 67.3 cm³/mol. The van der Waals surface area contributed by atoms with Crippen molar-refractivity contribution in [3.05, 3.63) is 0 Å². The van der Waals surface area contributed by atoms with Crippen molar-refractivity contribution in [2.75, 3.05) is 13.2 Å². The molecule has 1 fully saturated rings. The summed E-state index contributed by atoms with van der Waals surface area (Å²) in [6.07, 6.45) is 2.83. The lowest BCUT2D eigenvalue weighted by Crippen LogP contribution is -2.44. The molecule has 1 atom stereocenters. The monoisotopic (exact) mass is 257 g/mol. The number of carboxylic acid groups (broad SMARTS) is 1. The Kier molecular flexibility index (Phi) is 5.59. The number of carbonyl (C=O) groups excluding carboxylic acids is 1. The van der Waals surface area contributed by atoms with E-state index in [-0.39, 0.29) is 18.4 Å². The molecule has 0 spiro atoms. The number of carbonyl (C=O) groups is 2. The Morgan fingerprint density at radius 2 is 2.06 bits per heavy atom. The van der Waals surface area contributed by atoms with E-state index in [1.807, 2.05) is 13.8 Å². The summed E-state index contributed by atoms with van der Waals surface area (Å²) >= 11 is 0. The summed E-state index contributed by atoms with van der Waals surface area (Å²) in [6, 6.07) is 0.0338. The van der Waals surface area contributed by atoms with Crippen LogP contribution in [0.1, 0.15) is 46.0 Å². The largest absolute Gasteiger partial charge is 0.481 e. The number of nitrogens with one attached hydrogen (secondary N) is 1. The van der Waals surface area contributed by atoms with Crippen LogP contribution in [0.4, 0.5) is 0 Å².